The summed E-state index contributed by atoms with van der Waals surface area (Å²) in [5, 5.41) is 3.16. The number of guanidine groups is 1. The van der Waals surface area contributed by atoms with Crippen molar-refractivity contribution in [3.63, 3.8) is 0 Å². The molecule has 2 rings (SSSR count). The van der Waals surface area contributed by atoms with E-state index in [4.69, 9.17) is 0 Å². The Morgan fingerprint density at radius 2 is 2.04 bits per heavy atom. The van der Waals surface area contributed by atoms with Crippen molar-refractivity contribution in [1.29, 1.82) is 0 Å². The van der Waals surface area contributed by atoms with Crippen molar-refractivity contribution in [2.75, 3.05) is 39.5 Å². The molecule has 6 nitrogen and oxygen atoms in total. The number of benzene rings is 1. The van der Waals surface area contributed by atoms with E-state index < -0.39 is 10.0 Å². The number of hydrogen-bond acceptors (Lipinski definition) is 3. The highest BCUT2D eigenvalue weighted by molar-refractivity contribution is 14.0. The Morgan fingerprint density at radius 3 is 2.58 bits per heavy atom. The Balaban J connectivity index is 0.00000288. The van der Waals surface area contributed by atoms with E-state index in [-0.39, 0.29) is 35.5 Å². The molecule has 0 bridgehead atoms. The molecule has 1 fully saturated rings. The number of halogens is 2. The van der Waals surface area contributed by atoms with Crippen LogP contribution in [0.3, 0.4) is 0 Å². The summed E-state index contributed by atoms with van der Waals surface area (Å²) >= 11 is 0. The lowest BCUT2D eigenvalue weighted by Crippen LogP contribution is -2.42. The van der Waals surface area contributed by atoms with E-state index in [0.717, 1.165) is 5.56 Å². The van der Waals surface area contributed by atoms with Gasteiger partial charge in [0.1, 0.15) is 5.82 Å². The molecule has 0 aliphatic carbocycles. The lowest BCUT2D eigenvalue weighted by Gasteiger charge is -2.23. The van der Waals surface area contributed by atoms with Gasteiger partial charge in [-0.3, -0.25) is 4.99 Å². The van der Waals surface area contributed by atoms with Crippen molar-refractivity contribution in [3.8, 4) is 0 Å². The Hall–Kier alpha value is -0.940. The molecule has 0 amide bonds. The highest BCUT2D eigenvalue weighted by Crippen LogP contribution is 2.12. The molecule has 1 aromatic rings. The number of aliphatic imine (C=N–C) groups is 1. The lowest BCUT2D eigenvalue weighted by atomic mass is 10.2. The second-order valence-corrected chi connectivity index (χ2v) is 7.61. The van der Waals surface area contributed by atoms with Crippen LogP contribution < -0.4 is 5.32 Å². The fourth-order valence-corrected chi connectivity index (χ4v) is 4.09. The maximum Gasteiger partial charge on any atom is 0.214 e. The second-order valence-electron chi connectivity index (χ2n) is 5.53. The first kappa shape index (κ1) is 21.1. The van der Waals surface area contributed by atoms with Gasteiger partial charge in [-0.15, -0.1) is 24.0 Å². The smallest absolute Gasteiger partial charge is 0.214 e. The zero-order valence-electron chi connectivity index (χ0n) is 13.9. The number of sulfonamides is 1. The molecule has 0 unspecified atom stereocenters. The number of rotatable bonds is 5. The summed E-state index contributed by atoms with van der Waals surface area (Å²) in [6, 6.07) is 6.32. The third kappa shape index (κ3) is 5.85. The number of nitrogens with one attached hydrogen (secondary N) is 1. The molecule has 0 saturated carbocycles. The molecule has 136 valence electrons. The van der Waals surface area contributed by atoms with Crippen LogP contribution in [0.4, 0.5) is 4.39 Å². The molecular formula is C15H24FIN4O2S. The van der Waals surface area contributed by atoms with Gasteiger partial charge in [0.2, 0.25) is 10.0 Å². The van der Waals surface area contributed by atoms with Gasteiger partial charge in [0.15, 0.2) is 5.96 Å². The van der Waals surface area contributed by atoms with Crippen molar-refractivity contribution >= 4 is 40.0 Å². The fraction of sp³-hybridized carbons (Fsp3) is 0.533. The summed E-state index contributed by atoms with van der Waals surface area (Å²) in [5.74, 6) is 0.656. The Labute approximate surface area is 160 Å². The van der Waals surface area contributed by atoms with Gasteiger partial charge in [-0.2, -0.15) is 0 Å². The molecule has 1 aromatic carbocycles. The van der Waals surface area contributed by atoms with Crippen LogP contribution in [0.5, 0.6) is 0 Å². The molecule has 0 spiro atoms. The quantitative estimate of drug-likeness (QED) is 0.403. The van der Waals surface area contributed by atoms with E-state index in [0.29, 0.717) is 38.6 Å². The molecule has 24 heavy (non-hydrogen) atoms. The van der Waals surface area contributed by atoms with Gasteiger partial charge in [-0.25, -0.2) is 17.1 Å². The third-order valence-corrected chi connectivity index (χ3v) is 5.71. The minimum Gasteiger partial charge on any atom is -0.355 e. The summed E-state index contributed by atoms with van der Waals surface area (Å²) in [5.41, 5.74) is 0.971. The van der Waals surface area contributed by atoms with Crippen molar-refractivity contribution in [3.05, 3.63) is 35.6 Å². The first-order chi connectivity index (χ1) is 10.9. The van der Waals surface area contributed by atoms with Crippen LogP contribution in [-0.4, -0.2) is 63.1 Å². The van der Waals surface area contributed by atoms with Crippen LogP contribution in [0.15, 0.2) is 29.3 Å². The number of hydrogen-bond donors (Lipinski definition) is 1. The Kier molecular flexibility index (Phi) is 8.37. The van der Waals surface area contributed by atoms with E-state index >= 15 is 0 Å². The fourth-order valence-electron chi connectivity index (χ4n) is 2.56. The summed E-state index contributed by atoms with van der Waals surface area (Å²) in [6.07, 6.45) is 0.696. The highest BCUT2D eigenvalue weighted by Gasteiger charge is 2.27. The molecular weight excluding hydrogens is 446 g/mol. The Bertz CT molecular complexity index is 652. The normalized spacial score (nSPS) is 17.4. The molecule has 1 aliphatic heterocycles. The van der Waals surface area contributed by atoms with Gasteiger partial charge >= 0.3 is 0 Å². The molecule has 9 heteroatoms. The first-order valence-electron chi connectivity index (χ1n) is 7.56. The first-order valence-corrected chi connectivity index (χ1v) is 9.17. The summed E-state index contributed by atoms with van der Waals surface area (Å²) < 4.78 is 37.9. The van der Waals surface area contributed by atoms with E-state index in [9.17, 15) is 12.8 Å². The maximum absolute atomic E-state index is 12.9. The minimum absolute atomic E-state index is 0. The second kappa shape index (κ2) is 9.52. The molecule has 0 radical (unpaired) electrons. The largest absolute Gasteiger partial charge is 0.355 e. The maximum atomic E-state index is 12.9. The summed E-state index contributed by atoms with van der Waals surface area (Å²) in [6.45, 7) is 2.11. The average Bonchev–Trinajstić information content (AvgIpc) is 2.84. The van der Waals surface area contributed by atoms with E-state index in [1.54, 1.807) is 19.2 Å². The predicted molar refractivity (Wildman–Crippen MR) is 105 cm³/mol. The van der Waals surface area contributed by atoms with Gasteiger partial charge < -0.3 is 10.2 Å². The van der Waals surface area contributed by atoms with Gasteiger partial charge in [-0.05, 0) is 24.1 Å². The topological polar surface area (TPSA) is 65.0 Å². The molecule has 1 N–H and O–H groups in total. The van der Waals surface area contributed by atoms with E-state index in [1.807, 2.05) is 11.9 Å². The van der Waals surface area contributed by atoms with E-state index in [2.05, 4.69) is 10.3 Å². The van der Waals surface area contributed by atoms with Crippen LogP contribution in [0.2, 0.25) is 0 Å². The highest BCUT2D eigenvalue weighted by atomic mass is 127. The van der Waals surface area contributed by atoms with Gasteiger partial charge in [-0.1, -0.05) is 12.1 Å². The van der Waals surface area contributed by atoms with Crippen LogP contribution in [0.1, 0.15) is 12.0 Å². The minimum atomic E-state index is -3.06. The standard InChI is InChI=1S/C15H23FN4O2S.HI/c1-17-15(18-8-10-20-9-3-11-23(20,21)22)19(2)12-13-4-6-14(16)7-5-13;/h4-7H,3,8-12H2,1-2H3,(H,17,18);1H. The zero-order valence-corrected chi connectivity index (χ0v) is 17.1. The average molecular weight is 470 g/mol. The van der Waals surface area contributed by atoms with Crippen molar-refractivity contribution in [1.82, 2.24) is 14.5 Å². The lowest BCUT2D eigenvalue weighted by molar-refractivity contribution is 0.432. The molecule has 1 saturated heterocycles. The molecule has 1 aliphatic rings. The third-order valence-electron chi connectivity index (χ3n) is 3.75. The van der Waals surface area contributed by atoms with Crippen LogP contribution in [-0.2, 0) is 16.6 Å². The Morgan fingerprint density at radius 1 is 1.38 bits per heavy atom. The van der Waals surface area contributed by atoms with Gasteiger partial charge in [0.25, 0.3) is 0 Å². The van der Waals surface area contributed by atoms with Crippen molar-refractivity contribution in [2.45, 2.75) is 13.0 Å². The monoisotopic (exact) mass is 470 g/mol. The summed E-state index contributed by atoms with van der Waals surface area (Å²) in [7, 11) is 0.497. The van der Waals surface area contributed by atoms with Crippen LogP contribution in [0, 0.1) is 5.82 Å². The summed E-state index contributed by atoms with van der Waals surface area (Å²) in [4.78, 5) is 6.10. The zero-order chi connectivity index (χ0) is 16.9. The predicted octanol–water partition coefficient (Wildman–Crippen LogP) is 1.49. The van der Waals surface area contributed by atoms with Gasteiger partial charge in [0, 0.05) is 40.3 Å². The van der Waals surface area contributed by atoms with Crippen molar-refractivity contribution in [2.24, 2.45) is 4.99 Å². The molecule has 0 atom stereocenters. The molecule has 0 aromatic heterocycles. The molecule has 1 heterocycles. The van der Waals surface area contributed by atoms with Crippen LogP contribution in [0.25, 0.3) is 0 Å². The number of nitrogens with zero attached hydrogens (tertiary/aromatic N) is 3. The van der Waals surface area contributed by atoms with Gasteiger partial charge in [0.05, 0.1) is 5.75 Å². The van der Waals surface area contributed by atoms with E-state index in [1.165, 1.54) is 16.4 Å². The van der Waals surface area contributed by atoms with Crippen LogP contribution >= 0.6 is 24.0 Å². The SMILES string of the molecule is CN=C(NCCN1CCCS1(=O)=O)N(C)Cc1ccc(F)cc1.I. The van der Waals surface area contributed by atoms with Crippen molar-refractivity contribution < 1.29 is 12.8 Å².